The Morgan fingerprint density at radius 3 is 2.57 bits per heavy atom. The zero-order chi connectivity index (χ0) is 15.6. The SMILES string of the molecule is COc1ccc(S(=O)(=O)N(C)C2CCC2)c(CC(=O)O)c1. The van der Waals surface area contributed by atoms with E-state index in [9.17, 15) is 13.2 Å². The molecule has 1 fully saturated rings. The summed E-state index contributed by atoms with van der Waals surface area (Å²) in [5, 5.41) is 8.98. The van der Waals surface area contributed by atoms with Crippen molar-refractivity contribution < 1.29 is 23.1 Å². The second-order valence-electron chi connectivity index (χ2n) is 5.15. The van der Waals surface area contributed by atoms with E-state index in [0.29, 0.717) is 5.75 Å². The predicted molar refractivity (Wildman–Crippen MR) is 76.9 cm³/mol. The molecule has 1 aromatic carbocycles. The van der Waals surface area contributed by atoms with Crippen molar-refractivity contribution in [3.05, 3.63) is 23.8 Å². The molecule has 0 aliphatic heterocycles. The highest BCUT2D eigenvalue weighted by Gasteiger charge is 2.33. The number of sulfonamides is 1. The highest BCUT2D eigenvalue weighted by molar-refractivity contribution is 7.89. The minimum absolute atomic E-state index is 0.00906. The molecule has 0 saturated heterocycles. The predicted octanol–water partition coefficient (Wildman–Crippen LogP) is 1.50. The first-order valence-electron chi connectivity index (χ1n) is 6.73. The standard InChI is InChI=1S/C14H19NO5S/c1-15(11-4-3-5-11)21(18,19)13-7-6-12(20-2)8-10(13)9-14(16)17/h6-8,11H,3-5,9H2,1-2H3,(H,16,17). The Labute approximate surface area is 124 Å². The van der Waals surface area contributed by atoms with Crippen LogP contribution in [0.4, 0.5) is 0 Å². The van der Waals surface area contributed by atoms with Crippen molar-refractivity contribution in [2.45, 2.75) is 36.6 Å². The van der Waals surface area contributed by atoms with Gasteiger partial charge in [0.1, 0.15) is 5.75 Å². The molecule has 21 heavy (non-hydrogen) atoms. The van der Waals surface area contributed by atoms with Crippen LogP contribution in [0.1, 0.15) is 24.8 Å². The lowest BCUT2D eigenvalue weighted by atomic mass is 9.94. The molecule has 1 N–H and O–H groups in total. The van der Waals surface area contributed by atoms with Crippen molar-refractivity contribution in [2.24, 2.45) is 0 Å². The monoisotopic (exact) mass is 313 g/mol. The minimum atomic E-state index is -3.69. The van der Waals surface area contributed by atoms with Crippen molar-refractivity contribution in [3.8, 4) is 5.75 Å². The lowest BCUT2D eigenvalue weighted by Gasteiger charge is -2.34. The van der Waals surface area contributed by atoms with Gasteiger partial charge in [0.05, 0.1) is 18.4 Å². The van der Waals surface area contributed by atoms with E-state index < -0.39 is 16.0 Å². The first kappa shape index (κ1) is 15.8. The van der Waals surface area contributed by atoms with Gasteiger partial charge in [0, 0.05) is 13.1 Å². The molecule has 1 aliphatic carbocycles. The summed E-state index contributed by atoms with van der Waals surface area (Å²) < 4.78 is 31.7. The maximum absolute atomic E-state index is 12.7. The van der Waals surface area contributed by atoms with E-state index in [1.165, 1.54) is 29.6 Å². The van der Waals surface area contributed by atoms with Gasteiger partial charge >= 0.3 is 5.97 Å². The molecule has 0 atom stereocenters. The fourth-order valence-electron chi connectivity index (χ4n) is 2.34. The van der Waals surface area contributed by atoms with Crippen molar-refractivity contribution in [1.82, 2.24) is 4.31 Å². The Bertz CT molecular complexity index is 637. The summed E-state index contributed by atoms with van der Waals surface area (Å²) in [4.78, 5) is 11.0. The van der Waals surface area contributed by atoms with Crippen LogP contribution in [0.2, 0.25) is 0 Å². The van der Waals surface area contributed by atoms with Crippen molar-refractivity contribution in [2.75, 3.05) is 14.2 Å². The molecular weight excluding hydrogens is 294 g/mol. The number of nitrogens with zero attached hydrogens (tertiary/aromatic N) is 1. The Morgan fingerprint density at radius 2 is 2.10 bits per heavy atom. The van der Waals surface area contributed by atoms with Crippen LogP contribution in [-0.4, -0.2) is 44.0 Å². The molecule has 0 radical (unpaired) electrons. The fourth-order valence-corrected chi connectivity index (χ4v) is 3.95. The number of aliphatic carboxylic acids is 1. The van der Waals surface area contributed by atoms with Gasteiger partial charge < -0.3 is 9.84 Å². The quantitative estimate of drug-likeness (QED) is 0.860. The molecule has 7 heteroatoms. The van der Waals surface area contributed by atoms with Crippen LogP contribution in [-0.2, 0) is 21.2 Å². The minimum Gasteiger partial charge on any atom is -0.497 e. The average Bonchev–Trinajstić information content (AvgIpc) is 2.35. The summed E-state index contributed by atoms with van der Waals surface area (Å²) in [5.74, 6) is -0.637. The number of benzene rings is 1. The average molecular weight is 313 g/mol. The second kappa shape index (κ2) is 6.03. The smallest absolute Gasteiger partial charge is 0.307 e. The molecule has 6 nitrogen and oxygen atoms in total. The largest absolute Gasteiger partial charge is 0.497 e. The topological polar surface area (TPSA) is 83.9 Å². The Kier molecular flexibility index (Phi) is 4.53. The summed E-state index contributed by atoms with van der Waals surface area (Å²) >= 11 is 0. The summed E-state index contributed by atoms with van der Waals surface area (Å²) in [6.07, 6.45) is 2.36. The third-order valence-electron chi connectivity index (χ3n) is 3.86. The normalized spacial score (nSPS) is 15.8. The summed E-state index contributed by atoms with van der Waals surface area (Å²) in [6.45, 7) is 0. The molecule has 1 saturated carbocycles. The maximum Gasteiger partial charge on any atom is 0.307 e. The number of hydrogen-bond acceptors (Lipinski definition) is 4. The third kappa shape index (κ3) is 3.19. The summed E-state index contributed by atoms with van der Waals surface area (Å²) in [7, 11) is -0.683. The molecule has 0 unspecified atom stereocenters. The van der Waals surface area contributed by atoms with E-state index in [0.717, 1.165) is 19.3 Å². The van der Waals surface area contributed by atoms with E-state index >= 15 is 0 Å². The molecule has 0 amide bonds. The zero-order valence-corrected chi connectivity index (χ0v) is 12.9. The van der Waals surface area contributed by atoms with E-state index in [2.05, 4.69) is 0 Å². The number of hydrogen-bond donors (Lipinski definition) is 1. The van der Waals surface area contributed by atoms with E-state index in [1.54, 1.807) is 7.05 Å². The molecule has 0 heterocycles. The zero-order valence-electron chi connectivity index (χ0n) is 12.1. The van der Waals surface area contributed by atoms with Gasteiger partial charge in [-0.3, -0.25) is 4.79 Å². The second-order valence-corrected chi connectivity index (χ2v) is 7.12. The molecule has 0 spiro atoms. The first-order valence-corrected chi connectivity index (χ1v) is 8.17. The Morgan fingerprint density at radius 1 is 1.43 bits per heavy atom. The van der Waals surface area contributed by atoms with E-state index in [-0.39, 0.29) is 22.9 Å². The van der Waals surface area contributed by atoms with Crippen LogP contribution < -0.4 is 4.74 Å². The molecular formula is C14H19NO5S. The van der Waals surface area contributed by atoms with Crippen LogP contribution in [0, 0.1) is 0 Å². The Balaban J connectivity index is 2.43. The van der Waals surface area contributed by atoms with Crippen LogP contribution in [0.3, 0.4) is 0 Å². The number of ether oxygens (including phenoxy) is 1. The lowest BCUT2D eigenvalue weighted by molar-refractivity contribution is -0.136. The fraction of sp³-hybridized carbons (Fsp3) is 0.500. The number of rotatable bonds is 6. The number of carboxylic acid groups (broad SMARTS) is 1. The van der Waals surface area contributed by atoms with Gasteiger partial charge in [-0.15, -0.1) is 0 Å². The number of carbonyl (C=O) groups is 1. The summed E-state index contributed by atoms with van der Waals surface area (Å²) in [5.41, 5.74) is 0.244. The van der Waals surface area contributed by atoms with E-state index in [4.69, 9.17) is 9.84 Å². The highest BCUT2D eigenvalue weighted by Crippen LogP contribution is 2.31. The van der Waals surface area contributed by atoms with Crippen molar-refractivity contribution in [3.63, 3.8) is 0 Å². The molecule has 0 bridgehead atoms. The molecule has 1 aliphatic rings. The maximum atomic E-state index is 12.7. The Hall–Kier alpha value is -1.60. The highest BCUT2D eigenvalue weighted by atomic mass is 32.2. The van der Waals surface area contributed by atoms with E-state index in [1.807, 2.05) is 0 Å². The lowest BCUT2D eigenvalue weighted by Crippen LogP contribution is -2.41. The number of carboxylic acids is 1. The van der Waals surface area contributed by atoms with Gasteiger partial charge in [0.2, 0.25) is 10.0 Å². The molecule has 2 rings (SSSR count). The van der Waals surface area contributed by atoms with Crippen molar-refractivity contribution in [1.29, 1.82) is 0 Å². The summed E-state index contributed by atoms with van der Waals surface area (Å²) in [6, 6.07) is 4.43. The van der Waals surface area contributed by atoms with Crippen molar-refractivity contribution >= 4 is 16.0 Å². The van der Waals surface area contributed by atoms with Crippen LogP contribution >= 0.6 is 0 Å². The van der Waals surface area contributed by atoms with Gasteiger partial charge in [0.15, 0.2) is 0 Å². The molecule has 1 aromatic rings. The third-order valence-corrected chi connectivity index (χ3v) is 5.87. The molecule has 116 valence electrons. The van der Waals surface area contributed by atoms with Crippen LogP contribution in [0.25, 0.3) is 0 Å². The van der Waals surface area contributed by atoms with Gasteiger partial charge in [-0.1, -0.05) is 6.42 Å². The number of methoxy groups -OCH3 is 1. The first-order chi connectivity index (χ1) is 9.86. The van der Waals surface area contributed by atoms with Gasteiger partial charge in [-0.2, -0.15) is 4.31 Å². The molecule has 0 aromatic heterocycles. The van der Waals surface area contributed by atoms with Gasteiger partial charge in [0.25, 0.3) is 0 Å². The van der Waals surface area contributed by atoms with Crippen LogP contribution in [0.15, 0.2) is 23.1 Å². The van der Waals surface area contributed by atoms with Gasteiger partial charge in [-0.05, 0) is 36.6 Å². The van der Waals surface area contributed by atoms with Crippen LogP contribution in [0.5, 0.6) is 5.75 Å². The van der Waals surface area contributed by atoms with Gasteiger partial charge in [-0.25, -0.2) is 8.42 Å².